The molecule has 2 rings (SSSR count). The van der Waals surface area contributed by atoms with Crippen molar-refractivity contribution in [1.29, 1.82) is 0 Å². The van der Waals surface area contributed by atoms with Gasteiger partial charge in [0.25, 0.3) is 0 Å². The van der Waals surface area contributed by atoms with Gasteiger partial charge in [-0.2, -0.15) is 0 Å². The molecular weight excluding hydrogens is 264 g/mol. The van der Waals surface area contributed by atoms with Crippen LogP contribution < -0.4 is 0 Å². The molecule has 0 radical (unpaired) electrons. The maximum atomic E-state index is 6.02. The van der Waals surface area contributed by atoms with Crippen molar-refractivity contribution in [3.8, 4) is 0 Å². The minimum Gasteiger partial charge on any atom is -0.381 e. The van der Waals surface area contributed by atoms with Gasteiger partial charge in [0.05, 0.1) is 6.61 Å². The average molecular weight is 289 g/mol. The van der Waals surface area contributed by atoms with E-state index in [1.807, 2.05) is 0 Å². The molecule has 0 atom stereocenters. The molecule has 0 amide bonds. The molecule has 0 bridgehead atoms. The molecule has 0 aliphatic heterocycles. The van der Waals surface area contributed by atoms with Gasteiger partial charge >= 0.3 is 0 Å². The summed E-state index contributed by atoms with van der Waals surface area (Å²) in [7, 11) is 0. The second-order valence-corrected chi connectivity index (χ2v) is 6.42. The largest absolute Gasteiger partial charge is 0.381 e. The van der Waals surface area contributed by atoms with Crippen LogP contribution in [0.15, 0.2) is 0 Å². The van der Waals surface area contributed by atoms with Crippen LogP contribution in [0.2, 0.25) is 0 Å². The van der Waals surface area contributed by atoms with Crippen LogP contribution in [0.4, 0.5) is 0 Å². The van der Waals surface area contributed by atoms with Gasteiger partial charge in [-0.3, -0.25) is 0 Å². The third-order valence-electron chi connectivity index (χ3n) is 4.43. The van der Waals surface area contributed by atoms with Crippen LogP contribution in [0, 0.1) is 11.3 Å². The summed E-state index contributed by atoms with van der Waals surface area (Å²) in [6.07, 6.45) is 12.6. The highest BCUT2D eigenvalue weighted by atomic mass is 79.9. The molecule has 0 aromatic rings. The highest BCUT2D eigenvalue weighted by Gasteiger charge is 2.31. The van der Waals surface area contributed by atoms with Crippen LogP contribution in [-0.4, -0.2) is 18.5 Å². The van der Waals surface area contributed by atoms with Crippen molar-refractivity contribution in [2.75, 3.05) is 18.5 Å². The fourth-order valence-electron chi connectivity index (χ4n) is 3.24. The Bertz CT molecular complexity index is 193. The Morgan fingerprint density at radius 2 is 1.69 bits per heavy atom. The van der Waals surface area contributed by atoms with Gasteiger partial charge in [0.1, 0.15) is 0 Å². The van der Waals surface area contributed by atoms with Gasteiger partial charge in [-0.15, -0.1) is 0 Å². The molecule has 0 spiro atoms. The molecule has 0 unspecified atom stereocenters. The molecule has 2 fully saturated rings. The summed E-state index contributed by atoms with van der Waals surface area (Å²) in [4.78, 5) is 0. The third-order valence-corrected chi connectivity index (χ3v) is 5.62. The number of ether oxygens (including phenoxy) is 1. The maximum Gasteiger partial charge on any atom is 0.0530 e. The Labute approximate surface area is 108 Å². The summed E-state index contributed by atoms with van der Waals surface area (Å²) in [6, 6.07) is 0. The summed E-state index contributed by atoms with van der Waals surface area (Å²) >= 11 is 3.70. The first-order valence-corrected chi connectivity index (χ1v) is 8.11. The zero-order chi connectivity index (χ0) is 11.3. The van der Waals surface area contributed by atoms with E-state index in [9.17, 15) is 0 Å². The summed E-state index contributed by atoms with van der Waals surface area (Å²) in [5.74, 6) is 0.871. The Morgan fingerprint density at radius 3 is 2.31 bits per heavy atom. The molecule has 16 heavy (non-hydrogen) atoms. The van der Waals surface area contributed by atoms with Crippen LogP contribution in [0.25, 0.3) is 0 Å². The minimum atomic E-state index is 0.469. The van der Waals surface area contributed by atoms with E-state index < -0.39 is 0 Å². The lowest BCUT2D eigenvalue weighted by atomic mass is 9.76. The molecule has 0 N–H and O–H groups in total. The molecule has 0 saturated heterocycles. The molecule has 2 heteroatoms. The average Bonchev–Trinajstić information content (AvgIpc) is 2.83. The number of rotatable bonds is 5. The van der Waals surface area contributed by atoms with E-state index in [1.165, 1.54) is 57.8 Å². The monoisotopic (exact) mass is 288 g/mol. The quantitative estimate of drug-likeness (QED) is 0.675. The van der Waals surface area contributed by atoms with Gasteiger partial charge in [-0.1, -0.05) is 48.0 Å². The van der Waals surface area contributed by atoms with Crippen molar-refractivity contribution in [2.45, 2.75) is 57.8 Å². The smallest absolute Gasteiger partial charge is 0.0530 e. The normalized spacial score (nSPS) is 26.1. The topological polar surface area (TPSA) is 9.23 Å². The van der Waals surface area contributed by atoms with Gasteiger partial charge < -0.3 is 4.74 Å². The van der Waals surface area contributed by atoms with Crippen molar-refractivity contribution in [2.24, 2.45) is 11.3 Å². The predicted molar refractivity (Wildman–Crippen MR) is 72.1 cm³/mol. The van der Waals surface area contributed by atoms with Gasteiger partial charge in [-0.05, 0) is 31.6 Å². The Morgan fingerprint density at radius 1 is 1.00 bits per heavy atom. The van der Waals surface area contributed by atoms with E-state index >= 15 is 0 Å². The lowest BCUT2D eigenvalue weighted by Crippen LogP contribution is -2.32. The first-order valence-electron chi connectivity index (χ1n) is 6.98. The van der Waals surface area contributed by atoms with Crippen LogP contribution in [0.3, 0.4) is 0 Å². The summed E-state index contributed by atoms with van der Waals surface area (Å²) in [5.41, 5.74) is 0.469. The van der Waals surface area contributed by atoms with Crippen molar-refractivity contribution in [3.63, 3.8) is 0 Å². The molecule has 1 nitrogen and oxygen atoms in total. The predicted octanol–water partition coefficient (Wildman–Crippen LogP) is 4.54. The SMILES string of the molecule is BrCC1(COCC2CCCC2)CCCCC1. The Kier molecular flexibility index (Phi) is 5.15. The van der Waals surface area contributed by atoms with E-state index in [0.29, 0.717) is 5.41 Å². The lowest BCUT2D eigenvalue weighted by Gasteiger charge is -2.35. The van der Waals surface area contributed by atoms with Crippen LogP contribution in [-0.2, 0) is 4.74 Å². The standard InChI is InChI=1S/C14H25BrO/c15-11-14(8-4-1-5-9-14)12-16-10-13-6-2-3-7-13/h13H,1-12H2. The summed E-state index contributed by atoms with van der Waals surface area (Å²) in [5, 5.41) is 1.13. The minimum absolute atomic E-state index is 0.469. The first-order chi connectivity index (χ1) is 7.85. The molecule has 0 heterocycles. The summed E-state index contributed by atoms with van der Waals surface area (Å²) in [6.45, 7) is 2.02. The van der Waals surface area contributed by atoms with E-state index in [0.717, 1.165) is 24.5 Å². The third kappa shape index (κ3) is 3.46. The lowest BCUT2D eigenvalue weighted by molar-refractivity contribution is 0.0186. The molecule has 2 saturated carbocycles. The zero-order valence-electron chi connectivity index (χ0n) is 10.3. The van der Waals surface area contributed by atoms with Gasteiger partial charge in [0, 0.05) is 17.4 Å². The fraction of sp³-hybridized carbons (Fsp3) is 1.00. The van der Waals surface area contributed by atoms with E-state index in [4.69, 9.17) is 4.74 Å². The van der Waals surface area contributed by atoms with Gasteiger partial charge in [0.15, 0.2) is 0 Å². The highest BCUT2D eigenvalue weighted by Crippen LogP contribution is 2.38. The number of halogens is 1. The Hall–Kier alpha value is 0.440. The highest BCUT2D eigenvalue weighted by molar-refractivity contribution is 9.09. The molecular formula is C14H25BrO. The van der Waals surface area contributed by atoms with Crippen molar-refractivity contribution >= 4 is 15.9 Å². The zero-order valence-corrected chi connectivity index (χ0v) is 11.9. The van der Waals surface area contributed by atoms with E-state index in [-0.39, 0.29) is 0 Å². The van der Waals surface area contributed by atoms with E-state index in [1.54, 1.807) is 0 Å². The van der Waals surface area contributed by atoms with Crippen LogP contribution in [0.5, 0.6) is 0 Å². The molecule has 94 valence electrons. The van der Waals surface area contributed by atoms with Gasteiger partial charge in [0.2, 0.25) is 0 Å². The molecule has 2 aliphatic carbocycles. The second-order valence-electron chi connectivity index (χ2n) is 5.86. The molecule has 0 aromatic heterocycles. The maximum absolute atomic E-state index is 6.02. The van der Waals surface area contributed by atoms with Crippen molar-refractivity contribution in [1.82, 2.24) is 0 Å². The van der Waals surface area contributed by atoms with Crippen LogP contribution in [0.1, 0.15) is 57.8 Å². The fourth-order valence-corrected chi connectivity index (χ4v) is 3.96. The van der Waals surface area contributed by atoms with E-state index in [2.05, 4.69) is 15.9 Å². The number of hydrogen-bond donors (Lipinski definition) is 0. The molecule has 2 aliphatic rings. The van der Waals surface area contributed by atoms with Crippen LogP contribution >= 0.6 is 15.9 Å². The Balaban J connectivity index is 1.69. The van der Waals surface area contributed by atoms with Crippen molar-refractivity contribution in [3.05, 3.63) is 0 Å². The second kappa shape index (κ2) is 6.39. The van der Waals surface area contributed by atoms with Gasteiger partial charge in [-0.25, -0.2) is 0 Å². The molecule has 0 aromatic carbocycles. The number of alkyl halides is 1. The summed E-state index contributed by atoms with van der Waals surface area (Å²) < 4.78 is 6.02. The number of hydrogen-bond acceptors (Lipinski definition) is 1. The van der Waals surface area contributed by atoms with Crippen molar-refractivity contribution < 1.29 is 4.74 Å². The first kappa shape index (κ1) is 12.9.